The number of rotatable bonds is 9. The molecule has 0 fully saturated rings. The number of aromatic nitrogens is 1. The van der Waals surface area contributed by atoms with Gasteiger partial charge in [-0.25, -0.2) is 13.1 Å². The number of carbonyl (C=O) groups excluding carboxylic acids is 1. The molecule has 7 nitrogen and oxygen atoms in total. The molecule has 1 aromatic carbocycles. The normalized spacial score (nSPS) is 11.2. The number of ether oxygens (including phenoxy) is 1. The molecule has 0 unspecified atom stereocenters. The number of hydrogen-bond donors (Lipinski definition) is 2. The molecule has 0 saturated heterocycles. The molecule has 2 aromatic rings. The third kappa shape index (κ3) is 5.82. The number of amides is 1. The number of sulfonamides is 1. The second-order valence-electron chi connectivity index (χ2n) is 5.75. The van der Waals surface area contributed by atoms with Crippen LogP contribution in [0.4, 0.5) is 0 Å². The Labute approximate surface area is 153 Å². The molecule has 26 heavy (non-hydrogen) atoms. The molecule has 0 aliphatic heterocycles. The Morgan fingerprint density at radius 3 is 2.73 bits per heavy atom. The van der Waals surface area contributed by atoms with Gasteiger partial charge in [-0.05, 0) is 48.7 Å². The summed E-state index contributed by atoms with van der Waals surface area (Å²) in [5, 5.41) is 2.74. The summed E-state index contributed by atoms with van der Waals surface area (Å²) in [6.45, 7) is 4.24. The van der Waals surface area contributed by atoms with Crippen molar-refractivity contribution in [3.05, 3.63) is 53.9 Å². The van der Waals surface area contributed by atoms with E-state index in [2.05, 4.69) is 15.0 Å². The highest BCUT2D eigenvalue weighted by molar-refractivity contribution is 7.89. The number of aryl methyl sites for hydroxylation is 1. The minimum absolute atomic E-state index is 0.152. The summed E-state index contributed by atoms with van der Waals surface area (Å²) >= 11 is 0. The highest BCUT2D eigenvalue weighted by Gasteiger charge is 2.15. The first-order chi connectivity index (χ1) is 12.4. The lowest BCUT2D eigenvalue weighted by Crippen LogP contribution is -2.28. The van der Waals surface area contributed by atoms with Crippen LogP contribution in [0.5, 0.6) is 5.75 Å². The van der Waals surface area contributed by atoms with Crippen LogP contribution >= 0.6 is 0 Å². The van der Waals surface area contributed by atoms with Crippen molar-refractivity contribution in [1.29, 1.82) is 0 Å². The van der Waals surface area contributed by atoms with Crippen LogP contribution in [0, 0.1) is 6.92 Å². The molecule has 2 rings (SSSR count). The number of benzene rings is 1. The van der Waals surface area contributed by atoms with E-state index in [1.165, 1.54) is 12.1 Å². The molecule has 1 aromatic heterocycles. The lowest BCUT2D eigenvalue weighted by molar-refractivity contribution is -0.123. The van der Waals surface area contributed by atoms with Gasteiger partial charge in [-0.1, -0.05) is 13.0 Å². The number of carbonyl (C=O) groups is 1. The van der Waals surface area contributed by atoms with Crippen LogP contribution in [0.2, 0.25) is 0 Å². The lowest BCUT2D eigenvalue weighted by atomic mass is 10.2. The SMILES string of the molecule is CCCNS(=O)(=O)c1ccc(OCC(=O)NCc2cccnc2)c(C)c1. The number of nitrogens with zero attached hydrogens (tertiary/aromatic N) is 1. The molecule has 140 valence electrons. The maximum Gasteiger partial charge on any atom is 0.258 e. The highest BCUT2D eigenvalue weighted by Crippen LogP contribution is 2.21. The van der Waals surface area contributed by atoms with Crippen LogP contribution < -0.4 is 14.8 Å². The van der Waals surface area contributed by atoms with Gasteiger partial charge in [0.25, 0.3) is 5.91 Å². The topological polar surface area (TPSA) is 97.4 Å². The third-order valence-electron chi connectivity index (χ3n) is 3.57. The zero-order chi connectivity index (χ0) is 19.0. The predicted octanol–water partition coefficient (Wildman–Crippen LogP) is 1.77. The fourth-order valence-corrected chi connectivity index (χ4v) is 3.39. The molecule has 8 heteroatoms. The smallest absolute Gasteiger partial charge is 0.258 e. The van der Waals surface area contributed by atoms with Crippen LogP contribution in [0.3, 0.4) is 0 Å². The summed E-state index contributed by atoms with van der Waals surface area (Å²) in [5.41, 5.74) is 1.54. The van der Waals surface area contributed by atoms with Gasteiger partial charge >= 0.3 is 0 Å². The summed E-state index contributed by atoms with van der Waals surface area (Å²) in [5.74, 6) is 0.200. The molecule has 0 atom stereocenters. The zero-order valence-electron chi connectivity index (χ0n) is 14.9. The molecule has 0 spiro atoms. The minimum atomic E-state index is -3.52. The molecule has 1 heterocycles. The van der Waals surface area contributed by atoms with Crippen LogP contribution in [-0.2, 0) is 21.4 Å². The Morgan fingerprint density at radius 2 is 2.08 bits per heavy atom. The second-order valence-corrected chi connectivity index (χ2v) is 7.52. The monoisotopic (exact) mass is 377 g/mol. The van der Waals surface area contributed by atoms with E-state index in [1.807, 2.05) is 13.0 Å². The van der Waals surface area contributed by atoms with Gasteiger partial charge in [-0.2, -0.15) is 0 Å². The molecule has 2 N–H and O–H groups in total. The van der Waals surface area contributed by atoms with Crippen molar-refractivity contribution in [1.82, 2.24) is 15.0 Å². The Bertz CT molecular complexity index is 839. The van der Waals surface area contributed by atoms with Gasteiger partial charge in [-0.15, -0.1) is 0 Å². The van der Waals surface area contributed by atoms with Gasteiger partial charge in [0.15, 0.2) is 6.61 Å². The Hall–Kier alpha value is -2.45. The fraction of sp³-hybridized carbons (Fsp3) is 0.333. The summed E-state index contributed by atoms with van der Waals surface area (Å²) in [6.07, 6.45) is 4.06. The maximum atomic E-state index is 12.1. The van der Waals surface area contributed by atoms with E-state index in [-0.39, 0.29) is 17.4 Å². The highest BCUT2D eigenvalue weighted by atomic mass is 32.2. The molecular weight excluding hydrogens is 354 g/mol. The molecule has 1 amide bonds. The van der Waals surface area contributed by atoms with Crippen LogP contribution in [0.25, 0.3) is 0 Å². The predicted molar refractivity (Wildman–Crippen MR) is 98.2 cm³/mol. The first-order valence-electron chi connectivity index (χ1n) is 8.31. The molecule has 0 bridgehead atoms. The van der Waals surface area contributed by atoms with Gasteiger partial charge in [0.2, 0.25) is 10.0 Å². The molecule has 0 aliphatic carbocycles. The van der Waals surface area contributed by atoms with Crippen LogP contribution in [0.1, 0.15) is 24.5 Å². The van der Waals surface area contributed by atoms with Crippen LogP contribution in [-0.4, -0.2) is 32.5 Å². The third-order valence-corrected chi connectivity index (χ3v) is 5.03. The van der Waals surface area contributed by atoms with Gasteiger partial charge < -0.3 is 10.1 Å². The Balaban J connectivity index is 1.90. The van der Waals surface area contributed by atoms with Gasteiger partial charge in [0, 0.05) is 25.5 Å². The summed E-state index contributed by atoms with van der Waals surface area (Å²) in [7, 11) is -3.52. The number of nitrogens with one attached hydrogen (secondary N) is 2. The Morgan fingerprint density at radius 1 is 1.27 bits per heavy atom. The largest absolute Gasteiger partial charge is 0.484 e. The van der Waals surface area contributed by atoms with E-state index in [4.69, 9.17) is 4.74 Å². The summed E-state index contributed by atoms with van der Waals surface area (Å²) < 4.78 is 32.2. The van der Waals surface area contributed by atoms with Crippen molar-refractivity contribution in [3.8, 4) is 5.75 Å². The molecule has 0 radical (unpaired) electrons. The first kappa shape index (κ1) is 19.9. The molecular formula is C18H23N3O4S. The number of hydrogen-bond acceptors (Lipinski definition) is 5. The lowest BCUT2D eigenvalue weighted by Gasteiger charge is -2.12. The molecule has 0 aliphatic rings. The van der Waals surface area contributed by atoms with Gasteiger partial charge in [0.05, 0.1) is 4.90 Å². The van der Waals surface area contributed by atoms with E-state index in [0.717, 1.165) is 5.56 Å². The fourth-order valence-electron chi connectivity index (χ4n) is 2.17. The van der Waals surface area contributed by atoms with E-state index >= 15 is 0 Å². The van der Waals surface area contributed by atoms with Gasteiger partial charge in [0.1, 0.15) is 5.75 Å². The number of pyridine rings is 1. The summed E-state index contributed by atoms with van der Waals surface area (Å²) in [4.78, 5) is 16.0. The van der Waals surface area contributed by atoms with Crippen molar-refractivity contribution >= 4 is 15.9 Å². The van der Waals surface area contributed by atoms with E-state index in [1.54, 1.807) is 31.5 Å². The van der Waals surface area contributed by atoms with E-state index in [9.17, 15) is 13.2 Å². The zero-order valence-corrected chi connectivity index (χ0v) is 15.7. The van der Waals surface area contributed by atoms with Crippen molar-refractivity contribution in [2.75, 3.05) is 13.2 Å². The van der Waals surface area contributed by atoms with Crippen molar-refractivity contribution in [2.45, 2.75) is 31.7 Å². The van der Waals surface area contributed by atoms with Crippen LogP contribution in [0.15, 0.2) is 47.6 Å². The Kier molecular flexibility index (Phi) is 7.11. The van der Waals surface area contributed by atoms with E-state index in [0.29, 0.717) is 30.8 Å². The minimum Gasteiger partial charge on any atom is -0.484 e. The maximum absolute atomic E-state index is 12.1. The van der Waals surface area contributed by atoms with Gasteiger partial charge in [-0.3, -0.25) is 9.78 Å². The molecule has 0 saturated carbocycles. The summed E-state index contributed by atoms with van der Waals surface area (Å²) in [6, 6.07) is 8.22. The quantitative estimate of drug-likeness (QED) is 0.694. The first-order valence-corrected chi connectivity index (χ1v) is 9.79. The van der Waals surface area contributed by atoms with Crippen molar-refractivity contribution in [3.63, 3.8) is 0 Å². The van der Waals surface area contributed by atoms with Crippen molar-refractivity contribution in [2.24, 2.45) is 0 Å². The average molecular weight is 377 g/mol. The van der Waals surface area contributed by atoms with Crippen molar-refractivity contribution < 1.29 is 17.9 Å². The average Bonchev–Trinajstić information content (AvgIpc) is 2.64. The van der Waals surface area contributed by atoms with E-state index < -0.39 is 10.0 Å². The second kappa shape index (κ2) is 9.30. The standard InChI is InChI=1S/C18H23N3O4S/c1-3-8-21-26(23,24)16-6-7-17(14(2)10-16)25-13-18(22)20-12-15-5-4-9-19-11-15/h4-7,9-11,21H,3,8,12-13H2,1-2H3,(H,20,22).